The highest BCUT2D eigenvalue weighted by Crippen LogP contribution is 2.20. The first-order valence-electron chi connectivity index (χ1n) is 9.43. The molecule has 1 aliphatic rings. The number of nitrogens with one attached hydrogen (secondary N) is 1. The standard InChI is InChI=1S/C22H25FN2O3/c23-19-3-1-2-17(16-19)4-9-22(27)24-20-7-5-18(6-8-20)21(26)10-11-25-12-14-28-15-13-25/h1-9,16,21,26H,10-15H2,(H,24,27)/b9-4+. The topological polar surface area (TPSA) is 61.8 Å². The van der Waals surface area contributed by atoms with Crippen LogP contribution >= 0.6 is 0 Å². The average molecular weight is 384 g/mol. The van der Waals surface area contributed by atoms with Gasteiger partial charge >= 0.3 is 0 Å². The quantitative estimate of drug-likeness (QED) is 0.720. The predicted octanol–water partition coefficient (Wildman–Crippen LogP) is 3.23. The number of rotatable bonds is 7. The summed E-state index contributed by atoms with van der Waals surface area (Å²) < 4.78 is 18.5. The van der Waals surface area contributed by atoms with Crippen LogP contribution in [0.1, 0.15) is 23.7 Å². The summed E-state index contributed by atoms with van der Waals surface area (Å²) in [6.07, 6.45) is 3.03. The summed E-state index contributed by atoms with van der Waals surface area (Å²) in [4.78, 5) is 14.3. The number of halogens is 1. The van der Waals surface area contributed by atoms with Gasteiger partial charge in [0.2, 0.25) is 5.91 Å². The number of morpholine rings is 1. The second-order valence-electron chi connectivity index (χ2n) is 6.76. The molecule has 5 nitrogen and oxygen atoms in total. The fraction of sp³-hybridized carbons (Fsp3) is 0.318. The third-order valence-corrected chi connectivity index (χ3v) is 4.66. The van der Waals surface area contributed by atoms with Crippen LogP contribution < -0.4 is 5.32 Å². The average Bonchev–Trinajstić information content (AvgIpc) is 2.72. The molecular weight excluding hydrogens is 359 g/mol. The van der Waals surface area contributed by atoms with Crippen molar-refractivity contribution in [2.45, 2.75) is 12.5 Å². The van der Waals surface area contributed by atoms with Gasteiger partial charge in [-0.25, -0.2) is 4.39 Å². The van der Waals surface area contributed by atoms with Crippen LogP contribution in [0.2, 0.25) is 0 Å². The van der Waals surface area contributed by atoms with Crippen LogP contribution in [0.4, 0.5) is 10.1 Å². The van der Waals surface area contributed by atoms with E-state index in [4.69, 9.17) is 4.74 Å². The van der Waals surface area contributed by atoms with E-state index in [0.717, 1.165) is 38.4 Å². The summed E-state index contributed by atoms with van der Waals surface area (Å²) in [6, 6.07) is 13.2. The molecule has 0 radical (unpaired) electrons. The van der Waals surface area contributed by atoms with Gasteiger partial charge in [-0.3, -0.25) is 9.69 Å². The summed E-state index contributed by atoms with van der Waals surface area (Å²) in [5, 5.41) is 13.1. The number of amides is 1. The van der Waals surface area contributed by atoms with Gasteiger partial charge in [0, 0.05) is 31.4 Å². The molecule has 2 N–H and O–H groups in total. The van der Waals surface area contributed by atoms with E-state index in [2.05, 4.69) is 10.2 Å². The lowest BCUT2D eigenvalue weighted by Crippen LogP contribution is -2.37. The lowest BCUT2D eigenvalue weighted by molar-refractivity contribution is -0.111. The van der Waals surface area contributed by atoms with Gasteiger partial charge in [0.05, 0.1) is 19.3 Å². The molecule has 0 aromatic heterocycles. The molecule has 28 heavy (non-hydrogen) atoms. The summed E-state index contributed by atoms with van der Waals surface area (Å²) in [5.74, 6) is -0.643. The summed E-state index contributed by atoms with van der Waals surface area (Å²) in [7, 11) is 0. The van der Waals surface area contributed by atoms with Gasteiger partial charge in [-0.1, -0.05) is 24.3 Å². The second kappa shape index (κ2) is 10.1. The molecule has 3 rings (SSSR count). The first kappa shape index (κ1) is 20.2. The van der Waals surface area contributed by atoms with Crippen molar-refractivity contribution in [3.63, 3.8) is 0 Å². The van der Waals surface area contributed by atoms with Crippen LogP contribution in [0.5, 0.6) is 0 Å². The zero-order valence-corrected chi connectivity index (χ0v) is 15.7. The minimum absolute atomic E-state index is 0.301. The fourth-order valence-corrected chi connectivity index (χ4v) is 3.05. The van der Waals surface area contributed by atoms with E-state index in [0.29, 0.717) is 17.7 Å². The molecule has 2 aromatic carbocycles. The Kier molecular flexibility index (Phi) is 7.31. The van der Waals surface area contributed by atoms with E-state index in [1.807, 2.05) is 12.1 Å². The molecular formula is C22H25FN2O3. The number of hydrogen-bond donors (Lipinski definition) is 2. The molecule has 1 unspecified atom stereocenters. The Hall–Kier alpha value is -2.54. The SMILES string of the molecule is O=C(/C=C/c1cccc(F)c1)Nc1ccc(C(O)CCN2CCOCC2)cc1. The van der Waals surface area contributed by atoms with Crippen molar-refractivity contribution < 1.29 is 19.0 Å². The third-order valence-electron chi connectivity index (χ3n) is 4.66. The van der Waals surface area contributed by atoms with Crippen LogP contribution in [-0.2, 0) is 9.53 Å². The van der Waals surface area contributed by atoms with E-state index >= 15 is 0 Å². The normalized spacial score (nSPS) is 16.2. The molecule has 1 heterocycles. The summed E-state index contributed by atoms with van der Waals surface area (Å²) in [6.45, 7) is 4.13. The van der Waals surface area contributed by atoms with Gasteiger partial charge in [0.15, 0.2) is 0 Å². The maximum Gasteiger partial charge on any atom is 0.248 e. The first-order valence-corrected chi connectivity index (χ1v) is 9.43. The molecule has 6 heteroatoms. The maximum absolute atomic E-state index is 13.1. The highest BCUT2D eigenvalue weighted by Gasteiger charge is 2.13. The maximum atomic E-state index is 13.1. The van der Waals surface area contributed by atoms with E-state index in [1.54, 1.807) is 30.3 Å². The number of carbonyl (C=O) groups is 1. The second-order valence-corrected chi connectivity index (χ2v) is 6.76. The Bertz CT molecular complexity index is 802. The van der Waals surface area contributed by atoms with Crippen LogP contribution in [0.3, 0.4) is 0 Å². The number of anilines is 1. The van der Waals surface area contributed by atoms with Gasteiger partial charge in [-0.15, -0.1) is 0 Å². The monoisotopic (exact) mass is 384 g/mol. The molecule has 1 aliphatic heterocycles. The van der Waals surface area contributed by atoms with E-state index in [9.17, 15) is 14.3 Å². The fourth-order valence-electron chi connectivity index (χ4n) is 3.05. The highest BCUT2D eigenvalue weighted by atomic mass is 19.1. The molecule has 0 bridgehead atoms. The van der Waals surface area contributed by atoms with Crippen molar-refractivity contribution in [1.82, 2.24) is 4.90 Å². The molecule has 2 aromatic rings. The van der Waals surface area contributed by atoms with Crippen molar-refractivity contribution in [2.24, 2.45) is 0 Å². The van der Waals surface area contributed by atoms with Gasteiger partial charge in [0.25, 0.3) is 0 Å². The van der Waals surface area contributed by atoms with E-state index in [-0.39, 0.29) is 11.7 Å². The van der Waals surface area contributed by atoms with Crippen LogP contribution in [-0.4, -0.2) is 48.8 Å². The summed E-state index contributed by atoms with van der Waals surface area (Å²) in [5.41, 5.74) is 2.08. The zero-order valence-electron chi connectivity index (χ0n) is 15.7. The van der Waals surface area contributed by atoms with Crippen LogP contribution in [0.25, 0.3) is 6.08 Å². The Morgan fingerprint density at radius 3 is 2.68 bits per heavy atom. The number of ether oxygens (including phenoxy) is 1. The highest BCUT2D eigenvalue weighted by molar-refractivity contribution is 6.01. The summed E-state index contributed by atoms with van der Waals surface area (Å²) >= 11 is 0. The third kappa shape index (κ3) is 6.27. The minimum atomic E-state index is -0.541. The van der Waals surface area contributed by atoms with E-state index in [1.165, 1.54) is 18.2 Å². The van der Waals surface area contributed by atoms with Crippen molar-refractivity contribution in [1.29, 1.82) is 0 Å². The largest absolute Gasteiger partial charge is 0.388 e. The number of carbonyl (C=O) groups excluding carboxylic acids is 1. The zero-order chi connectivity index (χ0) is 19.8. The predicted molar refractivity (Wildman–Crippen MR) is 107 cm³/mol. The van der Waals surface area contributed by atoms with Gasteiger partial charge in [-0.2, -0.15) is 0 Å². The lowest BCUT2D eigenvalue weighted by atomic mass is 10.1. The molecule has 1 fully saturated rings. The minimum Gasteiger partial charge on any atom is -0.388 e. The van der Waals surface area contributed by atoms with Crippen molar-refractivity contribution in [3.05, 3.63) is 71.6 Å². The smallest absolute Gasteiger partial charge is 0.248 e. The molecule has 1 amide bonds. The number of hydrogen-bond acceptors (Lipinski definition) is 4. The van der Waals surface area contributed by atoms with Crippen LogP contribution in [0, 0.1) is 5.82 Å². The number of benzene rings is 2. The lowest BCUT2D eigenvalue weighted by Gasteiger charge is -2.27. The van der Waals surface area contributed by atoms with Crippen LogP contribution in [0.15, 0.2) is 54.6 Å². The molecule has 148 valence electrons. The Morgan fingerprint density at radius 1 is 1.21 bits per heavy atom. The van der Waals surface area contributed by atoms with Crippen molar-refractivity contribution >= 4 is 17.7 Å². The molecule has 1 saturated heterocycles. The van der Waals surface area contributed by atoms with E-state index < -0.39 is 6.10 Å². The van der Waals surface area contributed by atoms with Crippen molar-refractivity contribution in [2.75, 3.05) is 38.2 Å². The molecule has 0 spiro atoms. The number of aliphatic hydroxyl groups excluding tert-OH is 1. The number of aliphatic hydroxyl groups is 1. The van der Waals surface area contributed by atoms with Crippen molar-refractivity contribution in [3.8, 4) is 0 Å². The Morgan fingerprint density at radius 2 is 1.96 bits per heavy atom. The molecule has 0 saturated carbocycles. The molecule has 1 atom stereocenters. The Balaban J connectivity index is 1.48. The Labute approximate surface area is 164 Å². The van der Waals surface area contributed by atoms with Gasteiger partial charge in [0.1, 0.15) is 5.82 Å². The number of nitrogens with zero attached hydrogens (tertiary/aromatic N) is 1. The molecule has 0 aliphatic carbocycles. The van der Waals surface area contributed by atoms with Gasteiger partial charge < -0.3 is 15.2 Å². The van der Waals surface area contributed by atoms with Gasteiger partial charge in [-0.05, 0) is 47.9 Å². The first-order chi connectivity index (χ1) is 13.6.